The van der Waals surface area contributed by atoms with Gasteiger partial charge in [0.1, 0.15) is 0 Å². The molecule has 1 saturated carbocycles. The van der Waals surface area contributed by atoms with E-state index in [0.29, 0.717) is 31.2 Å². The minimum Gasteiger partial charge on any atom is -0.481 e. The van der Waals surface area contributed by atoms with Crippen LogP contribution in [-0.4, -0.2) is 44.7 Å². The molecule has 1 aromatic rings. The van der Waals surface area contributed by atoms with E-state index >= 15 is 0 Å². The molecule has 0 spiro atoms. The summed E-state index contributed by atoms with van der Waals surface area (Å²) in [6, 6.07) is 4.83. The van der Waals surface area contributed by atoms with Crippen LogP contribution in [0, 0.1) is 11.8 Å². The first kappa shape index (κ1) is 27.1. The highest BCUT2D eigenvalue weighted by Gasteiger charge is 2.40. The van der Waals surface area contributed by atoms with Crippen LogP contribution in [-0.2, 0) is 11.0 Å². The van der Waals surface area contributed by atoms with Gasteiger partial charge in [-0.05, 0) is 73.8 Å². The van der Waals surface area contributed by atoms with Crippen molar-refractivity contribution in [3.63, 3.8) is 0 Å². The van der Waals surface area contributed by atoms with Crippen molar-refractivity contribution < 1.29 is 38.4 Å². The molecule has 33 heavy (non-hydrogen) atoms. The van der Waals surface area contributed by atoms with E-state index in [1.807, 2.05) is 0 Å². The lowest BCUT2D eigenvalue weighted by Crippen LogP contribution is -2.23. The molecule has 1 fully saturated rings. The number of rotatable bonds is 12. The fraction of sp³-hybridized carbons (Fsp3) is 0.600. The second-order valence-electron chi connectivity index (χ2n) is 8.79. The molecule has 4 N–H and O–H groups in total. The molecule has 5 atom stereocenters. The third kappa shape index (κ3) is 9.33. The molecular formula is C25H33F3O5. The van der Waals surface area contributed by atoms with Crippen molar-refractivity contribution in [3.05, 3.63) is 47.2 Å². The number of aliphatic hydroxyl groups excluding tert-OH is 3. The Morgan fingerprint density at radius 2 is 1.76 bits per heavy atom. The van der Waals surface area contributed by atoms with Gasteiger partial charge in [-0.15, -0.1) is 5.73 Å². The van der Waals surface area contributed by atoms with Crippen molar-refractivity contribution in [3.8, 4) is 0 Å². The molecule has 184 valence electrons. The Hall–Kier alpha value is -2.12. The molecule has 2 rings (SSSR count). The summed E-state index contributed by atoms with van der Waals surface area (Å²) >= 11 is 0. The first-order valence-corrected chi connectivity index (χ1v) is 11.4. The van der Waals surface area contributed by atoms with E-state index < -0.39 is 36.0 Å². The van der Waals surface area contributed by atoms with Gasteiger partial charge in [-0.1, -0.05) is 31.4 Å². The third-order valence-electron chi connectivity index (χ3n) is 6.25. The lowest BCUT2D eigenvalue weighted by molar-refractivity contribution is -0.138. The van der Waals surface area contributed by atoms with Crippen LogP contribution < -0.4 is 0 Å². The molecule has 0 saturated heterocycles. The standard InChI is InChI=1S/C25H33F3O5/c26-25(27,28)18-9-5-7-17(15-18)8-6-10-19(29)13-14-21-20(22(30)16-23(21)31)11-3-1-2-4-12-24(32)33/h5,7-10,15,19-23,29-31H,1-4,11-14,16H2,(H,32,33)/t6?,19?,20-,21?,22+,23-/m1/s1. The van der Waals surface area contributed by atoms with Gasteiger partial charge in [0.2, 0.25) is 0 Å². The first-order chi connectivity index (χ1) is 15.6. The number of unbranched alkanes of at least 4 members (excludes halogenated alkanes) is 3. The van der Waals surface area contributed by atoms with Gasteiger partial charge in [0.25, 0.3) is 0 Å². The summed E-state index contributed by atoms with van der Waals surface area (Å²) in [5.74, 6) is -1.02. The number of halogens is 3. The van der Waals surface area contributed by atoms with Gasteiger partial charge in [0.05, 0.1) is 23.9 Å². The molecule has 0 heterocycles. The molecule has 0 bridgehead atoms. The number of carboxylic acid groups (broad SMARTS) is 1. The molecule has 5 nitrogen and oxygen atoms in total. The van der Waals surface area contributed by atoms with Crippen LogP contribution in [0.4, 0.5) is 13.2 Å². The second kappa shape index (κ2) is 12.9. The number of benzene rings is 1. The van der Waals surface area contributed by atoms with Gasteiger partial charge in [-0.2, -0.15) is 13.2 Å². The van der Waals surface area contributed by atoms with E-state index in [4.69, 9.17) is 5.11 Å². The van der Waals surface area contributed by atoms with E-state index in [2.05, 4.69) is 5.73 Å². The summed E-state index contributed by atoms with van der Waals surface area (Å²) in [6.07, 6.45) is 1.40. The van der Waals surface area contributed by atoms with Crippen LogP contribution in [0.3, 0.4) is 0 Å². The summed E-state index contributed by atoms with van der Waals surface area (Å²) < 4.78 is 38.3. The maximum Gasteiger partial charge on any atom is 0.416 e. The zero-order chi connectivity index (χ0) is 24.4. The Bertz CT molecular complexity index is 817. The molecule has 0 radical (unpaired) electrons. The van der Waals surface area contributed by atoms with E-state index in [1.165, 1.54) is 24.3 Å². The largest absolute Gasteiger partial charge is 0.481 e. The first-order valence-electron chi connectivity index (χ1n) is 11.4. The molecule has 0 amide bonds. The average molecular weight is 471 g/mol. The van der Waals surface area contributed by atoms with Gasteiger partial charge in [0, 0.05) is 6.42 Å². The summed E-state index contributed by atoms with van der Waals surface area (Å²) in [5.41, 5.74) is 2.30. The number of alkyl halides is 3. The molecule has 0 aromatic heterocycles. The van der Waals surface area contributed by atoms with Crippen LogP contribution in [0.1, 0.15) is 68.9 Å². The van der Waals surface area contributed by atoms with E-state index in [9.17, 15) is 33.3 Å². The fourth-order valence-corrected chi connectivity index (χ4v) is 4.50. The number of carbonyl (C=O) groups is 1. The Labute approximate surface area is 192 Å². The third-order valence-corrected chi connectivity index (χ3v) is 6.25. The number of hydrogen-bond donors (Lipinski definition) is 4. The predicted octanol–water partition coefficient (Wildman–Crippen LogP) is 4.80. The summed E-state index contributed by atoms with van der Waals surface area (Å²) in [6.45, 7) is 0. The molecule has 2 unspecified atom stereocenters. The highest BCUT2D eigenvalue weighted by molar-refractivity contribution is 5.66. The number of carboxylic acids is 1. The van der Waals surface area contributed by atoms with E-state index in [-0.39, 0.29) is 18.3 Å². The zero-order valence-electron chi connectivity index (χ0n) is 18.5. The highest BCUT2D eigenvalue weighted by Crippen LogP contribution is 2.39. The molecular weight excluding hydrogens is 437 g/mol. The Balaban J connectivity index is 1.83. The maximum atomic E-state index is 12.8. The van der Waals surface area contributed by atoms with Crippen LogP contribution in [0.5, 0.6) is 0 Å². The quantitative estimate of drug-likeness (QED) is 0.260. The van der Waals surface area contributed by atoms with Gasteiger partial charge in [0.15, 0.2) is 0 Å². The molecule has 8 heteroatoms. The predicted molar refractivity (Wildman–Crippen MR) is 118 cm³/mol. The Morgan fingerprint density at radius 1 is 1.09 bits per heavy atom. The topological polar surface area (TPSA) is 98.0 Å². The lowest BCUT2D eigenvalue weighted by Gasteiger charge is -2.24. The van der Waals surface area contributed by atoms with E-state index in [1.54, 1.807) is 0 Å². The molecule has 0 aliphatic heterocycles. The molecule has 1 aliphatic rings. The molecule has 1 aromatic carbocycles. The van der Waals surface area contributed by atoms with E-state index in [0.717, 1.165) is 37.8 Å². The molecule has 1 aliphatic carbocycles. The fourth-order valence-electron chi connectivity index (χ4n) is 4.50. The number of aliphatic carboxylic acids is 1. The van der Waals surface area contributed by atoms with Crippen molar-refractivity contribution in [1.82, 2.24) is 0 Å². The van der Waals surface area contributed by atoms with Crippen molar-refractivity contribution in [2.75, 3.05) is 0 Å². The van der Waals surface area contributed by atoms with Gasteiger partial charge in [-0.3, -0.25) is 4.79 Å². The summed E-state index contributed by atoms with van der Waals surface area (Å²) in [7, 11) is 0. The van der Waals surface area contributed by atoms with Crippen LogP contribution in [0.15, 0.2) is 36.1 Å². The normalized spacial score (nSPS) is 23.7. The van der Waals surface area contributed by atoms with Crippen LogP contribution >= 0.6 is 0 Å². The highest BCUT2D eigenvalue weighted by atomic mass is 19.4. The van der Waals surface area contributed by atoms with Gasteiger partial charge in [-0.25, -0.2) is 0 Å². The van der Waals surface area contributed by atoms with Crippen LogP contribution in [0.25, 0.3) is 6.08 Å². The van der Waals surface area contributed by atoms with Gasteiger partial charge >= 0.3 is 12.1 Å². The summed E-state index contributed by atoms with van der Waals surface area (Å²) in [4.78, 5) is 10.5. The van der Waals surface area contributed by atoms with Crippen LogP contribution in [0.2, 0.25) is 0 Å². The maximum absolute atomic E-state index is 12.8. The smallest absolute Gasteiger partial charge is 0.416 e. The summed E-state index contributed by atoms with van der Waals surface area (Å²) in [5, 5.41) is 39.5. The lowest BCUT2D eigenvalue weighted by atomic mass is 9.85. The average Bonchev–Trinajstić information content (AvgIpc) is 3.00. The SMILES string of the molecule is O=C(O)CCCCCC[C@@H]1C(CCC(O)C=C=Cc2cccc(C(F)(F)F)c2)[C@H](O)C[C@@H]1O. The Morgan fingerprint density at radius 3 is 2.42 bits per heavy atom. The number of hydrogen-bond acceptors (Lipinski definition) is 4. The van der Waals surface area contributed by atoms with Crippen molar-refractivity contribution in [2.24, 2.45) is 11.8 Å². The van der Waals surface area contributed by atoms with Crippen molar-refractivity contribution in [1.29, 1.82) is 0 Å². The van der Waals surface area contributed by atoms with Crippen molar-refractivity contribution >= 4 is 12.0 Å². The van der Waals surface area contributed by atoms with Crippen molar-refractivity contribution in [2.45, 2.75) is 82.3 Å². The number of aliphatic hydroxyl groups is 3. The second-order valence-corrected chi connectivity index (χ2v) is 8.79. The minimum absolute atomic E-state index is 0.0729. The zero-order valence-corrected chi connectivity index (χ0v) is 18.5. The minimum atomic E-state index is -4.42. The van der Waals surface area contributed by atoms with Gasteiger partial charge < -0.3 is 20.4 Å². The Kier molecular flexibility index (Phi) is 10.6. The monoisotopic (exact) mass is 470 g/mol.